The molecule has 1 unspecified atom stereocenters. The molecule has 0 aromatic heterocycles. The lowest BCUT2D eigenvalue weighted by Crippen LogP contribution is -2.29. The van der Waals surface area contributed by atoms with Gasteiger partial charge in [0.2, 0.25) is 0 Å². The molecular weight excluding hydrogens is 230 g/mol. The van der Waals surface area contributed by atoms with Crippen molar-refractivity contribution in [1.29, 1.82) is 0 Å². The monoisotopic (exact) mass is 259 g/mol. The molecule has 4 nitrogen and oxygen atoms in total. The summed E-state index contributed by atoms with van der Waals surface area (Å²) in [7, 11) is 0. The second-order valence-electron chi connectivity index (χ2n) is 3.58. The number of hydrogen-bond donors (Lipinski definition) is 2. The Hall–Kier alpha value is -1.16. The van der Waals surface area contributed by atoms with Gasteiger partial charge in [-0.05, 0) is 12.8 Å². The highest BCUT2D eigenvalue weighted by Gasteiger charge is 2.11. The van der Waals surface area contributed by atoms with Crippen LogP contribution in [0.1, 0.15) is 59.8 Å². The van der Waals surface area contributed by atoms with Crippen LogP contribution in [0.25, 0.3) is 0 Å². The third-order valence-electron chi connectivity index (χ3n) is 1.66. The highest BCUT2D eigenvalue weighted by atomic mass is 16.4. The molecule has 0 amide bonds. The maximum absolute atomic E-state index is 10.9. The van der Waals surface area contributed by atoms with Crippen LogP contribution in [0.2, 0.25) is 0 Å². The van der Waals surface area contributed by atoms with E-state index in [1.807, 2.05) is 13.8 Å². The third kappa shape index (κ3) is 20.3. The summed E-state index contributed by atoms with van der Waals surface area (Å²) >= 11 is 0. The van der Waals surface area contributed by atoms with Gasteiger partial charge in [-0.2, -0.15) is 0 Å². The summed E-state index contributed by atoms with van der Waals surface area (Å²) in [6.45, 7) is 11.7. The van der Waals surface area contributed by atoms with Crippen LogP contribution >= 0.6 is 0 Å². The number of carboxylic acids is 1. The van der Waals surface area contributed by atoms with E-state index in [-0.39, 0.29) is 5.78 Å². The Labute approximate surface area is 111 Å². The molecule has 4 heteroatoms. The molecule has 3 N–H and O–H groups in total. The summed E-state index contributed by atoms with van der Waals surface area (Å²) in [5.41, 5.74) is 5.25. The highest BCUT2D eigenvalue weighted by molar-refractivity contribution is 5.79. The lowest BCUT2D eigenvalue weighted by Gasteiger charge is -2.04. The maximum Gasteiger partial charge on any atom is 0.320 e. The number of carbonyl (C=O) groups excluding carboxylic acids is 1. The summed E-state index contributed by atoms with van der Waals surface area (Å²) in [6, 6.07) is -0.850. The number of Topliss-reactive ketones (excluding diaryl/α,β-unsaturated/α-hetero) is 1. The van der Waals surface area contributed by atoms with Crippen molar-refractivity contribution in [2.45, 2.75) is 65.8 Å². The first-order valence-electron chi connectivity index (χ1n) is 6.60. The van der Waals surface area contributed by atoms with Gasteiger partial charge in [0.15, 0.2) is 0 Å². The normalized spacial score (nSPS) is 10.1. The Bertz CT molecular complexity index is 215. The Morgan fingerprint density at radius 3 is 2.11 bits per heavy atom. The number of carbonyl (C=O) groups is 2. The Morgan fingerprint density at radius 2 is 1.78 bits per heavy atom. The van der Waals surface area contributed by atoms with Crippen molar-refractivity contribution in [3.05, 3.63) is 12.7 Å². The minimum Gasteiger partial charge on any atom is -0.480 e. The molecule has 0 rings (SSSR count). The van der Waals surface area contributed by atoms with Crippen molar-refractivity contribution < 1.29 is 14.7 Å². The van der Waals surface area contributed by atoms with Crippen molar-refractivity contribution >= 4 is 11.8 Å². The molecule has 0 heterocycles. The first kappa shape index (κ1) is 22.1. The molecule has 1 atom stereocenters. The molecule has 0 aliphatic carbocycles. The first-order chi connectivity index (χ1) is 8.49. The molecule has 0 aromatic carbocycles. The lowest BCUT2D eigenvalue weighted by atomic mass is 10.1. The summed E-state index contributed by atoms with van der Waals surface area (Å²) < 4.78 is 0. The fourth-order valence-electron chi connectivity index (χ4n) is 0.906. The fraction of sp³-hybridized carbons (Fsp3) is 0.714. The number of carboxylic acid groups (broad SMARTS) is 1. The zero-order valence-electron chi connectivity index (χ0n) is 12.2. The van der Waals surface area contributed by atoms with Crippen LogP contribution in [0, 0.1) is 0 Å². The van der Waals surface area contributed by atoms with Crippen molar-refractivity contribution in [2.75, 3.05) is 0 Å². The number of rotatable bonds is 7. The van der Waals surface area contributed by atoms with E-state index in [0.717, 1.165) is 0 Å². The van der Waals surface area contributed by atoms with Gasteiger partial charge in [0.25, 0.3) is 0 Å². The van der Waals surface area contributed by atoms with Crippen LogP contribution in [0.3, 0.4) is 0 Å². The van der Waals surface area contributed by atoms with Gasteiger partial charge in [-0.1, -0.05) is 40.2 Å². The zero-order valence-corrected chi connectivity index (χ0v) is 12.2. The van der Waals surface area contributed by atoms with Gasteiger partial charge in [0, 0.05) is 12.8 Å². The smallest absolute Gasteiger partial charge is 0.320 e. The first-order valence-corrected chi connectivity index (χ1v) is 6.60. The predicted molar refractivity (Wildman–Crippen MR) is 76.6 cm³/mol. The van der Waals surface area contributed by atoms with Gasteiger partial charge in [0.05, 0.1) is 0 Å². The van der Waals surface area contributed by atoms with Crippen molar-refractivity contribution in [1.82, 2.24) is 0 Å². The minimum absolute atomic E-state index is 0.0765. The topological polar surface area (TPSA) is 80.4 Å². The Morgan fingerprint density at radius 1 is 1.33 bits per heavy atom. The van der Waals surface area contributed by atoms with E-state index in [0.29, 0.717) is 25.7 Å². The zero-order chi connectivity index (χ0) is 15.0. The molecule has 0 saturated carbocycles. The van der Waals surface area contributed by atoms with E-state index in [1.165, 1.54) is 6.42 Å². The molecule has 0 aromatic rings. The number of hydrogen-bond acceptors (Lipinski definition) is 3. The maximum atomic E-state index is 10.9. The summed E-state index contributed by atoms with van der Waals surface area (Å²) in [5.74, 6) is -0.941. The SMILES string of the molecule is C=CCC(=O)CCCC(N)C(=O)O.CC.CCC. The highest BCUT2D eigenvalue weighted by Crippen LogP contribution is 2.02. The molecule has 0 aliphatic rings. The molecule has 0 spiro atoms. The van der Waals surface area contributed by atoms with Crippen LogP contribution in [0.15, 0.2) is 12.7 Å². The van der Waals surface area contributed by atoms with E-state index in [4.69, 9.17) is 10.8 Å². The van der Waals surface area contributed by atoms with E-state index >= 15 is 0 Å². The van der Waals surface area contributed by atoms with E-state index in [1.54, 1.807) is 6.08 Å². The van der Waals surface area contributed by atoms with Gasteiger partial charge in [-0.3, -0.25) is 9.59 Å². The summed E-state index contributed by atoms with van der Waals surface area (Å²) in [5, 5.41) is 8.42. The van der Waals surface area contributed by atoms with E-state index in [2.05, 4.69) is 20.4 Å². The van der Waals surface area contributed by atoms with Crippen LogP contribution in [0.5, 0.6) is 0 Å². The summed E-state index contributed by atoms with van der Waals surface area (Å²) in [6.07, 6.45) is 4.40. The number of allylic oxidation sites excluding steroid dienone is 1. The minimum atomic E-state index is -1.02. The predicted octanol–water partition coefficient (Wildman–Crippen LogP) is 3.16. The quantitative estimate of drug-likeness (QED) is 0.688. The molecule has 18 heavy (non-hydrogen) atoms. The second kappa shape index (κ2) is 18.2. The third-order valence-corrected chi connectivity index (χ3v) is 1.66. The molecule has 0 fully saturated rings. The number of ketones is 1. The van der Waals surface area contributed by atoms with E-state index < -0.39 is 12.0 Å². The van der Waals surface area contributed by atoms with Crippen molar-refractivity contribution in [2.24, 2.45) is 5.73 Å². The molecule has 0 saturated heterocycles. The van der Waals surface area contributed by atoms with Crippen LogP contribution in [0.4, 0.5) is 0 Å². The van der Waals surface area contributed by atoms with Gasteiger partial charge < -0.3 is 10.8 Å². The number of nitrogens with two attached hydrogens (primary N) is 1. The molecule has 0 aliphatic heterocycles. The standard InChI is InChI=1S/C9H15NO3.C3H8.C2H6/c1-2-4-7(11)5-3-6-8(10)9(12)13;1-3-2;1-2/h2,8H,1,3-6,10H2,(H,12,13);3H2,1-2H3;1-2H3. The molecule has 0 bridgehead atoms. The van der Waals surface area contributed by atoms with Crippen LogP contribution in [-0.2, 0) is 9.59 Å². The largest absolute Gasteiger partial charge is 0.480 e. The molecular formula is C14H29NO3. The Balaban J connectivity index is -0.000000389. The second-order valence-corrected chi connectivity index (χ2v) is 3.58. The average molecular weight is 259 g/mol. The molecule has 108 valence electrons. The van der Waals surface area contributed by atoms with Gasteiger partial charge >= 0.3 is 5.97 Å². The van der Waals surface area contributed by atoms with Gasteiger partial charge in [-0.15, -0.1) is 6.58 Å². The molecule has 0 radical (unpaired) electrons. The van der Waals surface area contributed by atoms with Crippen LogP contribution < -0.4 is 5.73 Å². The van der Waals surface area contributed by atoms with Gasteiger partial charge in [0.1, 0.15) is 11.8 Å². The fourth-order valence-corrected chi connectivity index (χ4v) is 0.906. The van der Waals surface area contributed by atoms with Crippen LogP contribution in [-0.4, -0.2) is 22.9 Å². The lowest BCUT2D eigenvalue weighted by molar-refractivity contribution is -0.138. The van der Waals surface area contributed by atoms with Crippen molar-refractivity contribution in [3.63, 3.8) is 0 Å². The van der Waals surface area contributed by atoms with E-state index in [9.17, 15) is 9.59 Å². The average Bonchev–Trinajstić information content (AvgIpc) is 2.32. The summed E-state index contributed by atoms with van der Waals surface area (Å²) in [4.78, 5) is 21.2. The Kier molecular flexibility index (Phi) is 22.3. The van der Waals surface area contributed by atoms with Crippen molar-refractivity contribution in [3.8, 4) is 0 Å². The number of aliphatic carboxylic acids is 1. The van der Waals surface area contributed by atoms with Gasteiger partial charge in [-0.25, -0.2) is 0 Å².